The van der Waals surface area contributed by atoms with Crippen LogP contribution in [0, 0.1) is 20.2 Å². The Labute approximate surface area is 75.1 Å². The summed E-state index contributed by atoms with van der Waals surface area (Å²) < 4.78 is 3.03. The van der Waals surface area contributed by atoms with Crippen molar-refractivity contribution in [2.45, 2.75) is 22.7 Å². The maximum Gasteiger partial charge on any atom is -0.112 e. The Morgan fingerprint density at radius 2 is 1.27 bits per heavy atom. The molecule has 0 atom stereocenters. The molecule has 11 heavy (non-hydrogen) atoms. The molecule has 0 N–H and O–H groups in total. The van der Waals surface area contributed by atoms with E-state index in [4.69, 9.17) is 20.2 Å². The standard InChI is InChI=1S/2C2H5.2HNO2.Sn/c2*1-2;2*2-1-3;/h2*1H2,2H3;2*(H,2,3);/q;;;;+2/p-2. The van der Waals surface area contributed by atoms with Gasteiger partial charge in [0.05, 0.1) is 0 Å². The number of rotatable bonds is 2. The van der Waals surface area contributed by atoms with E-state index in [1.54, 1.807) is 0 Å². The van der Waals surface area contributed by atoms with Gasteiger partial charge in [-0.25, -0.2) is 0 Å². The molecule has 0 aliphatic rings. The quantitative estimate of drug-likeness (QED) is 0.434. The van der Waals surface area contributed by atoms with Gasteiger partial charge in [-0.15, -0.1) is 10.7 Å². The van der Waals surface area contributed by atoms with Crippen molar-refractivity contribution >= 4 is 21.1 Å². The molecule has 0 aromatic heterocycles. The van der Waals surface area contributed by atoms with Crippen molar-refractivity contribution in [3.8, 4) is 0 Å². The molecule has 0 fully saturated rings. The maximum atomic E-state index is 8.00. The molecule has 0 radical (unpaired) electrons. The predicted octanol–water partition coefficient (Wildman–Crippen LogP) is 2.07. The van der Waals surface area contributed by atoms with Gasteiger partial charge in [-0.05, 0) is 0 Å². The summed E-state index contributed by atoms with van der Waals surface area (Å²) in [7, 11) is 0. The Kier molecular flexibility index (Phi) is 51.6. The zero-order chi connectivity index (χ0) is 9.54. The van der Waals surface area contributed by atoms with E-state index in [2.05, 4.69) is 13.8 Å². The first-order valence-corrected chi connectivity index (χ1v) is 6.89. The van der Waals surface area contributed by atoms with Crippen molar-refractivity contribution in [3.05, 3.63) is 20.2 Å². The van der Waals surface area contributed by atoms with Crippen LogP contribution in [0.15, 0.2) is 10.7 Å². The van der Waals surface area contributed by atoms with Gasteiger partial charge in [-0.2, -0.15) is 0 Å². The first-order valence-electron chi connectivity index (χ1n) is 2.85. The summed E-state index contributed by atoms with van der Waals surface area (Å²) >= 11 is 0.218. The molecule has 0 bridgehead atoms. The third-order valence-corrected chi connectivity index (χ3v) is 3.35. The summed E-state index contributed by atoms with van der Waals surface area (Å²) in [6, 6.07) is 0. The second-order valence-corrected chi connectivity index (χ2v) is 6.57. The molecule has 0 saturated heterocycles. The SMILES string of the molecule is C[CH2][Sn+2][CH2]C.O=N[O-].O=N[O-]. The van der Waals surface area contributed by atoms with E-state index in [1.807, 2.05) is 0 Å². The van der Waals surface area contributed by atoms with Gasteiger partial charge in [0.1, 0.15) is 0 Å². The fourth-order valence-corrected chi connectivity index (χ4v) is 1.68. The molecule has 6 nitrogen and oxygen atoms in total. The molecule has 0 saturated carbocycles. The van der Waals surface area contributed by atoms with E-state index in [1.165, 1.54) is 8.87 Å². The van der Waals surface area contributed by atoms with Gasteiger partial charge in [0, 0.05) is 0 Å². The van der Waals surface area contributed by atoms with Crippen LogP contribution in [0.3, 0.4) is 0 Å². The van der Waals surface area contributed by atoms with Crippen molar-refractivity contribution in [1.82, 2.24) is 0 Å². The summed E-state index contributed by atoms with van der Waals surface area (Å²) in [5, 5.41) is 18.0. The van der Waals surface area contributed by atoms with E-state index < -0.39 is 0 Å². The van der Waals surface area contributed by atoms with Crippen molar-refractivity contribution in [1.29, 1.82) is 0 Å². The Morgan fingerprint density at radius 1 is 1.09 bits per heavy atom. The van der Waals surface area contributed by atoms with Gasteiger partial charge in [0.25, 0.3) is 0 Å². The molecule has 0 heterocycles. The largest absolute Gasteiger partial charge is 0.444 e. The zero-order valence-electron chi connectivity index (χ0n) is 6.44. The number of hydrogen-bond donors (Lipinski definition) is 0. The maximum absolute atomic E-state index is 8.00. The topological polar surface area (TPSA) is 105 Å². The Hall–Kier alpha value is -0.401. The van der Waals surface area contributed by atoms with Crippen LogP contribution >= 0.6 is 0 Å². The van der Waals surface area contributed by atoms with Gasteiger partial charge >= 0.3 is 43.9 Å². The average molecular weight is 269 g/mol. The first kappa shape index (κ1) is 16.9. The third kappa shape index (κ3) is 217. The van der Waals surface area contributed by atoms with Crippen molar-refractivity contribution in [3.63, 3.8) is 0 Å². The molecule has 64 valence electrons. The summed E-state index contributed by atoms with van der Waals surface area (Å²) in [5.41, 5.74) is 0. The molecule has 0 aliphatic carbocycles. The molecule has 0 amide bonds. The molecule has 0 aromatic carbocycles. The van der Waals surface area contributed by atoms with Crippen LogP contribution in [0.25, 0.3) is 0 Å². The van der Waals surface area contributed by atoms with Crippen LogP contribution in [0.5, 0.6) is 0 Å². The van der Waals surface area contributed by atoms with Gasteiger partial charge < -0.3 is 20.2 Å². The minimum Gasteiger partial charge on any atom is -0.444 e. The molecule has 0 aliphatic heterocycles. The Balaban J connectivity index is -0.0000000933. The zero-order valence-corrected chi connectivity index (χ0v) is 9.30. The molecule has 0 aromatic rings. The van der Waals surface area contributed by atoms with Crippen LogP contribution < -0.4 is 0 Å². The molecular weight excluding hydrogens is 259 g/mol. The van der Waals surface area contributed by atoms with Gasteiger partial charge in [-0.3, -0.25) is 0 Å². The normalized spacial score (nSPS) is 5.27. The van der Waals surface area contributed by atoms with Crippen LogP contribution in [-0.2, 0) is 0 Å². The summed E-state index contributed by atoms with van der Waals surface area (Å²) in [4.78, 5) is 16.0. The monoisotopic (exact) mass is 270 g/mol. The average Bonchev–Trinajstić information content (AvgIpc) is 1.92. The molecule has 7 heteroatoms. The second kappa shape index (κ2) is 33.6. The van der Waals surface area contributed by atoms with Crippen LogP contribution in [0.1, 0.15) is 13.8 Å². The fraction of sp³-hybridized carbons (Fsp3) is 1.00. The number of nitrogens with zero attached hydrogens (tertiary/aromatic N) is 2. The number of hydrogen-bond acceptors (Lipinski definition) is 6. The van der Waals surface area contributed by atoms with E-state index >= 15 is 0 Å². The molecule has 0 unspecified atom stereocenters. The Bertz CT molecular complexity index is 65.1. The summed E-state index contributed by atoms with van der Waals surface area (Å²) in [5.74, 6) is 0. The first-order chi connectivity index (χ1) is 5.24. The van der Waals surface area contributed by atoms with Crippen LogP contribution in [0.4, 0.5) is 0 Å². The van der Waals surface area contributed by atoms with Gasteiger partial charge in [0.15, 0.2) is 0 Å². The minimum absolute atomic E-state index is 0.218. The van der Waals surface area contributed by atoms with Crippen molar-refractivity contribution in [2.75, 3.05) is 0 Å². The molecular formula is C4H10N2O4Sn. The van der Waals surface area contributed by atoms with Crippen molar-refractivity contribution in [2.24, 2.45) is 10.7 Å². The minimum atomic E-state index is 0.218. The van der Waals surface area contributed by atoms with Gasteiger partial charge in [-0.1, -0.05) is 0 Å². The van der Waals surface area contributed by atoms with E-state index in [9.17, 15) is 0 Å². The summed E-state index contributed by atoms with van der Waals surface area (Å²) in [6.45, 7) is 4.57. The Morgan fingerprint density at radius 3 is 1.27 bits per heavy atom. The van der Waals surface area contributed by atoms with Crippen LogP contribution in [0.2, 0.25) is 8.87 Å². The van der Waals surface area contributed by atoms with Crippen LogP contribution in [-0.4, -0.2) is 21.1 Å². The van der Waals surface area contributed by atoms with E-state index in [0.29, 0.717) is 0 Å². The second-order valence-electron chi connectivity index (χ2n) is 1.11. The van der Waals surface area contributed by atoms with Crippen molar-refractivity contribution < 1.29 is 0 Å². The van der Waals surface area contributed by atoms with Gasteiger partial charge in [0.2, 0.25) is 0 Å². The van der Waals surface area contributed by atoms with E-state index in [-0.39, 0.29) is 21.1 Å². The van der Waals surface area contributed by atoms with E-state index in [0.717, 1.165) is 10.7 Å². The predicted molar refractivity (Wildman–Crippen MR) is 45.0 cm³/mol. The molecule has 0 spiro atoms. The smallest absolute Gasteiger partial charge is 0.112 e. The summed E-state index contributed by atoms with van der Waals surface area (Å²) in [6.07, 6.45) is 0. The molecule has 0 rings (SSSR count). The third-order valence-electron chi connectivity index (χ3n) is 0.500. The fourth-order valence-electron chi connectivity index (χ4n) is 0.250.